The van der Waals surface area contributed by atoms with E-state index >= 15 is 0 Å². The summed E-state index contributed by atoms with van der Waals surface area (Å²) in [6, 6.07) is 6.63. The van der Waals surface area contributed by atoms with Crippen LogP contribution in [0.15, 0.2) is 18.2 Å². The predicted molar refractivity (Wildman–Crippen MR) is 84.3 cm³/mol. The average molecular weight is 276 g/mol. The predicted octanol–water partition coefficient (Wildman–Crippen LogP) is 2.83. The molecule has 0 unspecified atom stereocenters. The summed E-state index contributed by atoms with van der Waals surface area (Å²) in [5.74, 6) is 1.08. The first kappa shape index (κ1) is 15.3. The van der Waals surface area contributed by atoms with E-state index in [-0.39, 0.29) is 5.54 Å². The van der Waals surface area contributed by atoms with Crippen LogP contribution >= 0.6 is 0 Å². The van der Waals surface area contributed by atoms with E-state index in [1.54, 1.807) is 0 Å². The Morgan fingerprint density at radius 2 is 2.10 bits per heavy atom. The number of aryl methyl sites for hydroxylation is 1. The molecule has 0 atom stereocenters. The molecule has 1 aromatic rings. The molecule has 0 amide bonds. The molecule has 20 heavy (non-hydrogen) atoms. The second-order valence-electron chi connectivity index (χ2n) is 6.81. The highest BCUT2D eigenvalue weighted by atomic mass is 16.5. The molecule has 0 aromatic heterocycles. The summed E-state index contributed by atoms with van der Waals surface area (Å²) in [4.78, 5) is 2.37. The Morgan fingerprint density at radius 1 is 1.30 bits per heavy atom. The zero-order valence-corrected chi connectivity index (χ0v) is 13.3. The molecule has 1 aromatic carbocycles. The highest BCUT2D eigenvalue weighted by Crippen LogP contribution is 2.25. The number of rotatable bonds is 5. The molecule has 0 radical (unpaired) electrons. The van der Waals surface area contributed by atoms with Crippen LogP contribution in [0.3, 0.4) is 0 Å². The number of hydrogen-bond donors (Lipinski definition) is 1. The molecule has 2 rings (SSSR count). The van der Waals surface area contributed by atoms with E-state index in [0.29, 0.717) is 0 Å². The largest absolute Gasteiger partial charge is 0.493 e. The van der Waals surface area contributed by atoms with Gasteiger partial charge in [0.05, 0.1) is 6.61 Å². The van der Waals surface area contributed by atoms with Gasteiger partial charge in [0, 0.05) is 25.2 Å². The zero-order chi connectivity index (χ0) is 14.6. The van der Waals surface area contributed by atoms with Crippen LogP contribution in [0.25, 0.3) is 0 Å². The van der Waals surface area contributed by atoms with Crippen LogP contribution in [0.1, 0.15) is 38.3 Å². The highest BCUT2D eigenvalue weighted by Gasteiger charge is 2.12. The minimum atomic E-state index is 0.198. The van der Waals surface area contributed by atoms with Crippen molar-refractivity contribution in [2.45, 2.75) is 45.7 Å². The lowest BCUT2D eigenvalue weighted by Crippen LogP contribution is -2.40. The molecule has 3 heteroatoms. The summed E-state index contributed by atoms with van der Waals surface area (Å²) in [5.41, 5.74) is 2.95. The van der Waals surface area contributed by atoms with Gasteiger partial charge in [-0.2, -0.15) is 0 Å². The minimum absolute atomic E-state index is 0.198. The van der Waals surface area contributed by atoms with Gasteiger partial charge in [0.1, 0.15) is 5.75 Å². The Morgan fingerprint density at radius 3 is 2.85 bits per heavy atom. The van der Waals surface area contributed by atoms with Crippen molar-refractivity contribution in [3.8, 4) is 5.75 Å². The van der Waals surface area contributed by atoms with Crippen LogP contribution in [-0.2, 0) is 13.0 Å². The Balaban J connectivity index is 1.83. The van der Waals surface area contributed by atoms with Crippen LogP contribution in [-0.4, -0.2) is 37.2 Å². The fraction of sp³-hybridized carbons (Fsp3) is 0.647. The van der Waals surface area contributed by atoms with E-state index in [2.05, 4.69) is 56.2 Å². The maximum absolute atomic E-state index is 5.66. The van der Waals surface area contributed by atoms with Gasteiger partial charge < -0.3 is 15.0 Å². The van der Waals surface area contributed by atoms with E-state index in [1.807, 2.05) is 0 Å². The molecule has 1 heterocycles. The highest BCUT2D eigenvalue weighted by molar-refractivity contribution is 5.38. The maximum atomic E-state index is 5.66. The molecule has 1 aliphatic heterocycles. The Kier molecular flexibility index (Phi) is 5.06. The molecule has 3 nitrogen and oxygen atoms in total. The van der Waals surface area contributed by atoms with Crippen molar-refractivity contribution in [3.63, 3.8) is 0 Å². The number of ether oxygens (including phenoxy) is 1. The van der Waals surface area contributed by atoms with Crippen LogP contribution in [0.5, 0.6) is 5.75 Å². The molecule has 0 saturated carbocycles. The number of fused-ring (bicyclic) bond motifs is 1. The first-order chi connectivity index (χ1) is 9.44. The monoisotopic (exact) mass is 276 g/mol. The molecule has 1 N–H and O–H groups in total. The minimum Gasteiger partial charge on any atom is -0.493 e. The molecule has 112 valence electrons. The third kappa shape index (κ3) is 4.80. The molecule has 0 bridgehead atoms. The van der Waals surface area contributed by atoms with Crippen LogP contribution in [0.4, 0.5) is 0 Å². The van der Waals surface area contributed by atoms with E-state index in [4.69, 9.17) is 4.74 Å². The molecule has 0 fully saturated rings. The Bertz CT molecular complexity index is 437. The van der Waals surface area contributed by atoms with Gasteiger partial charge in [-0.25, -0.2) is 0 Å². The normalized spacial score (nSPS) is 15.1. The third-order valence-corrected chi connectivity index (χ3v) is 3.57. The average Bonchev–Trinajstić information content (AvgIpc) is 2.37. The topological polar surface area (TPSA) is 24.5 Å². The second kappa shape index (κ2) is 6.59. The van der Waals surface area contributed by atoms with E-state index in [1.165, 1.54) is 11.1 Å². The summed E-state index contributed by atoms with van der Waals surface area (Å²) in [5, 5.41) is 3.53. The molecular formula is C17H28N2O. The molecule has 1 aliphatic rings. The van der Waals surface area contributed by atoms with Crippen LogP contribution in [0, 0.1) is 0 Å². The summed E-state index contributed by atoms with van der Waals surface area (Å²) >= 11 is 0. The number of nitrogens with one attached hydrogen (secondary N) is 1. The molecule has 0 spiro atoms. The van der Waals surface area contributed by atoms with Crippen molar-refractivity contribution >= 4 is 0 Å². The summed E-state index contributed by atoms with van der Waals surface area (Å²) < 4.78 is 5.66. The van der Waals surface area contributed by atoms with E-state index in [0.717, 1.165) is 44.8 Å². The van der Waals surface area contributed by atoms with Gasteiger partial charge in [-0.15, -0.1) is 0 Å². The van der Waals surface area contributed by atoms with Gasteiger partial charge in [-0.1, -0.05) is 12.1 Å². The van der Waals surface area contributed by atoms with Crippen molar-refractivity contribution in [3.05, 3.63) is 29.3 Å². The van der Waals surface area contributed by atoms with Gasteiger partial charge in [-0.05, 0) is 57.9 Å². The lowest BCUT2D eigenvalue weighted by Gasteiger charge is -2.24. The molecular weight excluding hydrogens is 248 g/mol. The lowest BCUT2D eigenvalue weighted by molar-refractivity contribution is 0.286. The quantitative estimate of drug-likeness (QED) is 0.895. The van der Waals surface area contributed by atoms with Crippen molar-refractivity contribution < 1.29 is 4.74 Å². The third-order valence-electron chi connectivity index (χ3n) is 3.57. The second-order valence-corrected chi connectivity index (χ2v) is 6.81. The molecule has 0 saturated heterocycles. The van der Waals surface area contributed by atoms with E-state index in [9.17, 15) is 0 Å². The summed E-state index contributed by atoms with van der Waals surface area (Å²) in [7, 11) is 2.18. The fourth-order valence-corrected chi connectivity index (χ4v) is 2.52. The number of likely N-dealkylation sites (N-methyl/N-ethyl adjacent to an activating group) is 1. The number of nitrogens with zero attached hydrogens (tertiary/aromatic N) is 1. The van der Waals surface area contributed by atoms with Gasteiger partial charge >= 0.3 is 0 Å². The van der Waals surface area contributed by atoms with Gasteiger partial charge in [0.2, 0.25) is 0 Å². The Labute approximate surface area is 123 Å². The van der Waals surface area contributed by atoms with Crippen molar-refractivity contribution in [1.29, 1.82) is 0 Å². The molecule has 0 aliphatic carbocycles. The van der Waals surface area contributed by atoms with Gasteiger partial charge in [0.25, 0.3) is 0 Å². The SMILES string of the molecule is CN(CCNC(C)(C)C)Cc1ccc2c(c1)CCCO2. The maximum Gasteiger partial charge on any atom is 0.122 e. The number of hydrogen-bond acceptors (Lipinski definition) is 3. The van der Waals surface area contributed by atoms with Crippen molar-refractivity contribution in [2.75, 3.05) is 26.7 Å². The van der Waals surface area contributed by atoms with Crippen molar-refractivity contribution in [2.24, 2.45) is 0 Å². The standard InChI is InChI=1S/C17H28N2O/c1-17(2,3)18-9-10-19(4)13-14-7-8-16-15(12-14)6-5-11-20-16/h7-8,12,18H,5-6,9-11,13H2,1-4H3. The van der Waals surface area contributed by atoms with Gasteiger partial charge in [-0.3, -0.25) is 0 Å². The van der Waals surface area contributed by atoms with Crippen LogP contribution in [0.2, 0.25) is 0 Å². The lowest BCUT2D eigenvalue weighted by atomic mass is 10.0. The zero-order valence-electron chi connectivity index (χ0n) is 13.3. The van der Waals surface area contributed by atoms with Crippen molar-refractivity contribution in [1.82, 2.24) is 10.2 Å². The fourth-order valence-electron chi connectivity index (χ4n) is 2.52. The van der Waals surface area contributed by atoms with Crippen LogP contribution < -0.4 is 10.1 Å². The number of benzene rings is 1. The summed E-state index contributed by atoms with van der Waals surface area (Å²) in [6.45, 7) is 10.6. The first-order valence-corrected chi connectivity index (χ1v) is 7.62. The Hall–Kier alpha value is -1.06. The first-order valence-electron chi connectivity index (χ1n) is 7.62. The van der Waals surface area contributed by atoms with Gasteiger partial charge in [0.15, 0.2) is 0 Å². The van der Waals surface area contributed by atoms with E-state index < -0.39 is 0 Å². The summed E-state index contributed by atoms with van der Waals surface area (Å²) in [6.07, 6.45) is 2.29. The smallest absolute Gasteiger partial charge is 0.122 e.